The Hall–Kier alpha value is 0.270. The fourth-order valence-electron chi connectivity index (χ4n) is 3.02. The Morgan fingerprint density at radius 3 is 3.25 bits per heavy atom. The van der Waals surface area contributed by atoms with Gasteiger partial charge in [-0.25, -0.2) is 0 Å². The molecule has 0 radical (unpaired) electrons. The van der Waals surface area contributed by atoms with Gasteiger partial charge in [-0.1, -0.05) is 0 Å². The summed E-state index contributed by atoms with van der Waals surface area (Å²) in [6, 6.07) is 0.866. The minimum Gasteiger partial charge on any atom is -0.301 e. The molecule has 2 nitrogen and oxygen atoms in total. The van der Waals surface area contributed by atoms with E-state index in [0.717, 1.165) is 6.04 Å². The molecule has 2 atom stereocenters. The smallest absolute Gasteiger partial charge is 0.0815 e. The minimum atomic E-state index is 0.483. The highest BCUT2D eigenvalue weighted by Crippen LogP contribution is 2.45. The van der Waals surface area contributed by atoms with E-state index in [1.54, 1.807) is 0 Å². The van der Waals surface area contributed by atoms with E-state index in [2.05, 4.69) is 22.0 Å². The van der Waals surface area contributed by atoms with Crippen LogP contribution < -0.4 is 5.32 Å². The molecule has 0 saturated carbocycles. The summed E-state index contributed by atoms with van der Waals surface area (Å²) in [5.41, 5.74) is 0. The molecule has 0 amide bonds. The van der Waals surface area contributed by atoms with Crippen molar-refractivity contribution in [2.24, 2.45) is 0 Å². The van der Waals surface area contributed by atoms with Gasteiger partial charge in [-0.3, -0.25) is 4.90 Å². The van der Waals surface area contributed by atoms with Crippen LogP contribution in [0.3, 0.4) is 0 Å². The van der Waals surface area contributed by atoms with Gasteiger partial charge in [-0.05, 0) is 25.8 Å². The second-order valence-corrected chi connectivity index (χ2v) is 5.53. The molecule has 2 unspecified atom stereocenters. The average Bonchev–Trinajstić information content (AvgIpc) is 2.76. The lowest BCUT2D eigenvalue weighted by atomic mass is 10.1. The Bertz CT molecular complexity index is 189. The number of fused-ring (bicyclic) bond motifs is 2. The molecule has 0 bridgehead atoms. The molecule has 3 heterocycles. The SMILES string of the molecule is C1CC2N(C1)CCC21NCCS1. The third kappa shape index (κ3) is 0.903. The predicted molar refractivity (Wildman–Crippen MR) is 52.4 cm³/mol. The van der Waals surface area contributed by atoms with Gasteiger partial charge in [0.1, 0.15) is 0 Å². The lowest BCUT2D eigenvalue weighted by molar-refractivity contribution is 0.292. The van der Waals surface area contributed by atoms with Crippen molar-refractivity contribution in [1.82, 2.24) is 10.2 Å². The third-order valence-corrected chi connectivity index (χ3v) is 5.10. The van der Waals surface area contributed by atoms with Crippen LogP contribution in [0.1, 0.15) is 19.3 Å². The molecule has 1 N–H and O–H groups in total. The maximum atomic E-state index is 3.72. The summed E-state index contributed by atoms with van der Waals surface area (Å²) in [4.78, 5) is 3.17. The highest BCUT2D eigenvalue weighted by Gasteiger charge is 2.50. The molecule has 0 aromatic heterocycles. The largest absolute Gasteiger partial charge is 0.301 e. The van der Waals surface area contributed by atoms with Crippen molar-refractivity contribution in [2.45, 2.75) is 30.2 Å². The zero-order valence-corrected chi connectivity index (χ0v) is 8.20. The topological polar surface area (TPSA) is 15.3 Å². The summed E-state index contributed by atoms with van der Waals surface area (Å²) in [7, 11) is 0. The van der Waals surface area contributed by atoms with Gasteiger partial charge in [0, 0.05) is 24.9 Å². The van der Waals surface area contributed by atoms with Crippen molar-refractivity contribution in [3.8, 4) is 0 Å². The fourth-order valence-corrected chi connectivity index (χ4v) is 4.49. The van der Waals surface area contributed by atoms with E-state index in [1.165, 1.54) is 44.6 Å². The number of nitrogens with zero attached hydrogens (tertiary/aromatic N) is 1. The van der Waals surface area contributed by atoms with Gasteiger partial charge in [0.15, 0.2) is 0 Å². The van der Waals surface area contributed by atoms with Crippen molar-refractivity contribution >= 4 is 11.8 Å². The van der Waals surface area contributed by atoms with Gasteiger partial charge < -0.3 is 5.32 Å². The first-order valence-corrected chi connectivity index (χ1v) is 6.02. The predicted octanol–water partition coefficient (Wildman–Crippen LogP) is 0.887. The summed E-state index contributed by atoms with van der Waals surface area (Å²) in [5, 5.41) is 3.72. The van der Waals surface area contributed by atoms with Crippen molar-refractivity contribution in [1.29, 1.82) is 0 Å². The van der Waals surface area contributed by atoms with E-state index in [9.17, 15) is 0 Å². The molecule has 0 aromatic carbocycles. The zero-order valence-electron chi connectivity index (χ0n) is 7.38. The second kappa shape index (κ2) is 2.63. The Kier molecular flexibility index (Phi) is 1.68. The van der Waals surface area contributed by atoms with E-state index in [0.29, 0.717) is 4.87 Å². The molecule has 3 rings (SSSR count). The number of nitrogens with one attached hydrogen (secondary N) is 1. The van der Waals surface area contributed by atoms with Gasteiger partial charge in [-0.2, -0.15) is 0 Å². The number of rotatable bonds is 0. The maximum Gasteiger partial charge on any atom is 0.0815 e. The first kappa shape index (κ1) is 7.65. The van der Waals surface area contributed by atoms with Gasteiger partial charge in [0.05, 0.1) is 4.87 Å². The monoisotopic (exact) mass is 184 g/mol. The number of hydrogen-bond acceptors (Lipinski definition) is 3. The summed E-state index contributed by atoms with van der Waals surface area (Å²) < 4.78 is 0. The van der Waals surface area contributed by atoms with E-state index < -0.39 is 0 Å². The second-order valence-electron chi connectivity index (χ2n) is 4.11. The standard InChI is InChI=1S/C9H16N2S/c1-2-8-9(10-4-7-12-9)3-6-11(8)5-1/h8,10H,1-7H2. The van der Waals surface area contributed by atoms with Gasteiger partial charge in [0.25, 0.3) is 0 Å². The van der Waals surface area contributed by atoms with Gasteiger partial charge in [0.2, 0.25) is 0 Å². The molecule has 3 fully saturated rings. The van der Waals surface area contributed by atoms with Crippen LogP contribution in [0.4, 0.5) is 0 Å². The van der Waals surface area contributed by atoms with Crippen LogP contribution in [-0.4, -0.2) is 41.2 Å². The molecule has 68 valence electrons. The van der Waals surface area contributed by atoms with Crippen molar-refractivity contribution in [3.05, 3.63) is 0 Å². The molecule has 12 heavy (non-hydrogen) atoms. The van der Waals surface area contributed by atoms with E-state index >= 15 is 0 Å². The first-order chi connectivity index (χ1) is 5.91. The highest BCUT2D eigenvalue weighted by molar-refractivity contribution is 8.00. The Labute approximate surface area is 78.1 Å². The third-order valence-electron chi connectivity index (χ3n) is 3.56. The highest BCUT2D eigenvalue weighted by atomic mass is 32.2. The molecule has 3 heteroatoms. The van der Waals surface area contributed by atoms with Crippen LogP contribution in [-0.2, 0) is 0 Å². The molecule has 0 aromatic rings. The Morgan fingerprint density at radius 2 is 2.42 bits per heavy atom. The summed E-state index contributed by atoms with van der Waals surface area (Å²) in [5.74, 6) is 1.32. The molecule has 1 spiro atoms. The van der Waals surface area contributed by atoms with E-state index in [1.807, 2.05) is 0 Å². The van der Waals surface area contributed by atoms with Crippen LogP contribution in [0.5, 0.6) is 0 Å². The lowest BCUT2D eigenvalue weighted by Crippen LogP contribution is -2.46. The lowest BCUT2D eigenvalue weighted by Gasteiger charge is -2.30. The summed E-state index contributed by atoms with van der Waals surface area (Å²) in [6.45, 7) is 3.92. The molecular formula is C9H16N2S. The zero-order chi connectivity index (χ0) is 8.02. The van der Waals surface area contributed by atoms with Crippen LogP contribution in [0.2, 0.25) is 0 Å². The number of thioether (sulfide) groups is 1. The molecule has 3 saturated heterocycles. The van der Waals surface area contributed by atoms with Crippen molar-refractivity contribution < 1.29 is 0 Å². The fraction of sp³-hybridized carbons (Fsp3) is 1.00. The Balaban J connectivity index is 1.86. The van der Waals surface area contributed by atoms with Gasteiger partial charge in [-0.15, -0.1) is 11.8 Å². The molecule has 3 aliphatic rings. The van der Waals surface area contributed by atoms with Gasteiger partial charge >= 0.3 is 0 Å². The van der Waals surface area contributed by atoms with Crippen molar-refractivity contribution in [2.75, 3.05) is 25.4 Å². The van der Waals surface area contributed by atoms with Crippen LogP contribution in [0, 0.1) is 0 Å². The van der Waals surface area contributed by atoms with Crippen LogP contribution in [0.25, 0.3) is 0 Å². The Morgan fingerprint density at radius 1 is 1.42 bits per heavy atom. The summed E-state index contributed by atoms with van der Waals surface area (Å²) >= 11 is 2.18. The molecular weight excluding hydrogens is 168 g/mol. The quantitative estimate of drug-likeness (QED) is 0.602. The molecule has 0 aliphatic carbocycles. The van der Waals surface area contributed by atoms with Crippen LogP contribution >= 0.6 is 11.8 Å². The first-order valence-electron chi connectivity index (χ1n) is 5.04. The minimum absolute atomic E-state index is 0.483. The maximum absolute atomic E-state index is 3.72. The van der Waals surface area contributed by atoms with Crippen LogP contribution in [0.15, 0.2) is 0 Å². The number of hydrogen-bond donors (Lipinski definition) is 1. The molecule has 3 aliphatic heterocycles. The average molecular weight is 184 g/mol. The van der Waals surface area contributed by atoms with E-state index in [4.69, 9.17) is 0 Å². The van der Waals surface area contributed by atoms with E-state index in [-0.39, 0.29) is 0 Å². The van der Waals surface area contributed by atoms with Crippen molar-refractivity contribution in [3.63, 3.8) is 0 Å². The normalized spacial score (nSPS) is 47.5. The summed E-state index contributed by atoms with van der Waals surface area (Å²) in [6.07, 6.45) is 4.23.